The predicted octanol–water partition coefficient (Wildman–Crippen LogP) is 2.80. The maximum Gasteiger partial charge on any atom is 0.136 e. The molecule has 0 radical (unpaired) electrons. The summed E-state index contributed by atoms with van der Waals surface area (Å²) >= 11 is 0. The molecule has 1 aromatic heterocycles. The SMILES string of the molecule is CCCCN(CCN)c1nccc2ccccc12. The number of pyridine rings is 1. The maximum absolute atomic E-state index is 5.71. The van der Waals surface area contributed by atoms with Gasteiger partial charge >= 0.3 is 0 Å². The van der Waals surface area contributed by atoms with Crippen LogP contribution in [0.5, 0.6) is 0 Å². The van der Waals surface area contributed by atoms with E-state index >= 15 is 0 Å². The number of aromatic nitrogens is 1. The first kappa shape index (κ1) is 12.8. The molecule has 0 amide bonds. The fourth-order valence-electron chi connectivity index (χ4n) is 2.18. The van der Waals surface area contributed by atoms with Crippen LogP contribution in [0.1, 0.15) is 19.8 Å². The van der Waals surface area contributed by atoms with Crippen molar-refractivity contribution in [2.45, 2.75) is 19.8 Å². The Morgan fingerprint density at radius 2 is 2.00 bits per heavy atom. The molecule has 0 spiro atoms. The maximum atomic E-state index is 5.71. The topological polar surface area (TPSA) is 42.1 Å². The molecule has 2 N–H and O–H groups in total. The largest absolute Gasteiger partial charge is 0.355 e. The number of unbranched alkanes of at least 4 members (excludes halogenated alkanes) is 1. The molecular formula is C15H21N3. The van der Waals surface area contributed by atoms with Gasteiger partial charge in [-0.15, -0.1) is 0 Å². The summed E-state index contributed by atoms with van der Waals surface area (Å²) in [7, 11) is 0. The van der Waals surface area contributed by atoms with Gasteiger partial charge in [-0.2, -0.15) is 0 Å². The van der Waals surface area contributed by atoms with Gasteiger partial charge in [0.2, 0.25) is 0 Å². The Kier molecular flexibility index (Phi) is 4.53. The molecule has 18 heavy (non-hydrogen) atoms. The first-order valence-corrected chi connectivity index (χ1v) is 6.65. The third-order valence-electron chi connectivity index (χ3n) is 3.13. The van der Waals surface area contributed by atoms with Gasteiger partial charge in [-0.3, -0.25) is 0 Å². The third-order valence-corrected chi connectivity index (χ3v) is 3.13. The zero-order chi connectivity index (χ0) is 12.8. The Hall–Kier alpha value is -1.61. The van der Waals surface area contributed by atoms with E-state index in [0.29, 0.717) is 6.54 Å². The van der Waals surface area contributed by atoms with E-state index in [1.165, 1.54) is 23.6 Å². The normalized spacial score (nSPS) is 10.8. The number of hydrogen-bond donors (Lipinski definition) is 1. The molecule has 2 aromatic rings. The van der Waals surface area contributed by atoms with Gasteiger partial charge in [-0.1, -0.05) is 37.6 Å². The van der Waals surface area contributed by atoms with Crippen molar-refractivity contribution in [3.8, 4) is 0 Å². The van der Waals surface area contributed by atoms with Crippen LogP contribution in [-0.4, -0.2) is 24.6 Å². The number of anilines is 1. The van der Waals surface area contributed by atoms with Crippen LogP contribution in [0.3, 0.4) is 0 Å². The van der Waals surface area contributed by atoms with Crippen molar-refractivity contribution >= 4 is 16.6 Å². The van der Waals surface area contributed by atoms with Crippen molar-refractivity contribution in [1.82, 2.24) is 4.98 Å². The lowest BCUT2D eigenvalue weighted by Crippen LogP contribution is -2.31. The average molecular weight is 243 g/mol. The zero-order valence-electron chi connectivity index (χ0n) is 11.0. The van der Waals surface area contributed by atoms with Gasteiger partial charge in [0.25, 0.3) is 0 Å². The molecule has 0 aliphatic carbocycles. The minimum Gasteiger partial charge on any atom is -0.355 e. The second-order valence-corrected chi connectivity index (χ2v) is 4.48. The van der Waals surface area contributed by atoms with E-state index in [1.807, 2.05) is 6.20 Å². The number of nitrogens with zero attached hydrogens (tertiary/aromatic N) is 2. The Balaban J connectivity index is 2.36. The highest BCUT2D eigenvalue weighted by Crippen LogP contribution is 2.24. The highest BCUT2D eigenvalue weighted by atomic mass is 15.2. The van der Waals surface area contributed by atoms with Crippen molar-refractivity contribution in [2.75, 3.05) is 24.5 Å². The monoisotopic (exact) mass is 243 g/mol. The van der Waals surface area contributed by atoms with Gasteiger partial charge in [0.05, 0.1) is 0 Å². The predicted molar refractivity (Wildman–Crippen MR) is 77.9 cm³/mol. The Morgan fingerprint density at radius 1 is 1.17 bits per heavy atom. The molecule has 2 rings (SSSR count). The third kappa shape index (κ3) is 2.79. The van der Waals surface area contributed by atoms with Gasteiger partial charge in [0, 0.05) is 31.2 Å². The summed E-state index contributed by atoms with van der Waals surface area (Å²) in [6.45, 7) is 4.75. The molecular weight excluding hydrogens is 222 g/mol. The van der Waals surface area contributed by atoms with Gasteiger partial charge in [-0.25, -0.2) is 4.98 Å². The lowest BCUT2D eigenvalue weighted by molar-refractivity contribution is 0.710. The second kappa shape index (κ2) is 6.36. The van der Waals surface area contributed by atoms with Crippen LogP contribution in [0.2, 0.25) is 0 Å². The first-order valence-electron chi connectivity index (χ1n) is 6.65. The van der Waals surface area contributed by atoms with Crippen LogP contribution >= 0.6 is 0 Å². The van der Waals surface area contributed by atoms with E-state index in [9.17, 15) is 0 Å². The lowest BCUT2D eigenvalue weighted by atomic mass is 10.1. The Bertz CT molecular complexity index is 491. The molecule has 0 saturated carbocycles. The summed E-state index contributed by atoms with van der Waals surface area (Å²) in [6.07, 6.45) is 4.24. The smallest absolute Gasteiger partial charge is 0.136 e. The van der Waals surface area contributed by atoms with E-state index in [1.54, 1.807) is 0 Å². The second-order valence-electron chi connectivity index (χ2n) is 4.48. The van der Waals surface area contributed by atoms with Crippen molar-refractivity contribution in [3.05, 3.63) is 36.5 Å². The fourth-order valence-corrected chi connectivity index (χ4v) is 2.18. The van der Waals surface area contributed by atoms with Gasteiger partial charge in [-0.05, 0) is 17.9 Å². The van der Waals surface area contributed by atoms with Gasteiger partial charge in [0.15, 0.2) is 0 Å². The Labute approximate surface area is 109 Å². The van der Waals surface area contributed by atoms with E-state index in [2.05, 4.69) is 47.1 Å². The van der Waals surface area contributed by atoms with Crippen LogP contribution < -0.4 is 10.6 Å². The van der Waals surface area contributed by atoms with E-state index < -0.39 is 0 Å². The molecule has 0 bridgehead atoms. The first-order chi connectivity index (χ1) is 8.86. The van der Waals surface area contributed by atoms with Crippen LogP contribution in [0, 0.1) is 0 Å². The number of hydrogen-bond acceptors (Lipinski definition) is 3. The molecule has 3 nitrogen and oxygen atoms in total. The quantitative estimate of drug-likeness (QED) is 0.848. The Morgan fingerprint density at radius 3 is 2.78 bits per heavy atom. The summed E-state index contributed by atoms with van der Waals surface area (Å²) in [5, 5.41) is 2.45. The van der Waals surface area contributed by atoms with Crippen LogP contribution in [0.4, 0.5) is 5.82 Å². The molecule has 0 aliphatic heterocycles. The standard InChI is InChI=1S/C15H21N3/c1-2-3-11-18(12-9-16)15-14-7-5-4-6-13(14)8-10-17-15/h4-8,10H,2-3,9,11-12,16H2,1H3. The van der Waals surface area contributed by atoms with E-state index in [4.69, 9.17) is 5.73 Å². The number of rotatable bonds is 6. The summed E-state index contributed by atoms with van der Waals surface area (Å²) < 4.78 is 0. The molecule has 0 atom stereocenters. The summed E-state index contributed by atoms with van der Waals surface area (Å²) in [6, 6.07) is 10.4. The highest BCUT2D eigenvalue weighted by molar-refractivity contribution is 5.92. The van der Waals surface area contributed by atoms with Crippen molar-refractivity contribution in [3.63, 3.8) is 0 Å². The van der Waals surface area contributed by atoms with Gasteiger partial charge < -0.3 is 10.6 Å². The van der Waals surface area contributed by atoms with Crippen molar-refractivity contribution in [1.29, 1.82) is 0 Å². The number of fused-ring (bicyclic) bond motifs is 1. The van der Waals surface area contributed by atoms with Crippen LogP contribution in [-0.2, 0) is 0 Å². The molecule has 0 fully saturated rings. The van der Waals surface area contributed by atoms with E-state index in [-0.39, 0.29) is 0 Å². The number of benzene rings is 1. The minimum absolute atomic E-state index is 0.661. The van der Waals surface area contributed by atoms with Gasteiger partial charge in [0.1, 0.15) is 5.82 Å². The molecule has 1 aromatic carbocycles. The average Bonchev–Trinajstić information content (AvgIpc) is 2.43. The van der Waals surface area contributed by atoms with Crippen LogP contribution in [0.15, 0.2) is 36.5 Å². The molecule has 96 valence electrons. The highest BCUT2D eigenvalue weighted by Gasteiger charge is 2.09. The lowest BCUT2D eigenvalue weighted by Gasteiger charge is -2.24. The minimum atomic E-state index is 0.661. The summed E-state index contributed by atoms with van der Waals surface area (Å²) in [4.78, 5) is 6.85. The summed E-state index contributed by atoms with van der Waals surface area (Å²) in [5.74, 6) is 1.06. The molecule has 0 unspecified atom stereocenters. The van der Waals surface area contributed by atoms with Crippen LogP contribution in [0.25, 0.3) is 10.8 Å². The van der Waals surface area contributed by atoms with E-state index in [0.717, 1.165) is 18.9 Å². The number of nitrogens with two attached hydrogens (primary N) is 1. The summed E-state index contributed by atoms with van der Waals surface area (Å²) in [5.41, 5.74) is 5.71. The fraction of sp³-hybridized carbons (Fsp3) is 0.400. The van der Waals surface area contributed by atoms with Crippen molar-refractivity contribution in [2.24, 2.45) is 5.73 Å². The molecule has 3 heteroatoms. The molecule has 0 aliphatic rings. The van der Waals surface area contributed by atoms with Crippen molar-refractivity contribution < 1.29 is 0 Å². The molecule has 0 saturated heterocycles. The molecule has 1 heterocycles. The zero-order valence-corrected chi connectivity index (χ0v) is 11.0.